The van der Waals surface area contributed by atoms with Crippen molar-refractivity contribution in [3.8, 4) is 0 Å². The molecule has 0 saturated carbocycles. The molecule has 8 nitrogen and oxygen atoms in total. The second-order valence-electron chi connectivity index (χ2n) is 6.63. The highest BCUT2D eigenvalue weighted by molar-refractivity contribution is 6.29. The zero-order valence-electron chi connectivity index (χ0n) is 19.2. The number of carbonyl (C=O) groups is 4. The molecule has 0 amide bonds. The maximum absolute atomic E-state index is 11.1. The van der Waals surface area contributed by atoms with E-state index < -0.39 is 11.9 Å². The third-order valence-electron chi connectivity index (χ3n) is 3.68. The van der Waals surface area contributed by atoms with Crippen molar-refractivity contribution in [3.63, 3.8) is 0 Å². The minimum absolute atomic E-state index is 0.120. The first-order valence-corrected chi connectivity index (χ1v) is 11.1. The molecule has 0 spiro atoms. The molecule has 0 unspecified atom stereocenters. The van der Waals surface area contributed by atoms with E-state index in [1.165, 1.54) is 0 Å². The number of carbonyl (C=O) groups excluding carboxylic acids is 4. The number of hydrogen-bond acceptors (Lipinski definition) is 8. The van der Waals surface area contributed by atoms with Crippen molar-refractivity contribution in [1.82, 2.24) is 0 Å². The fourth-order valence-electron chi connectivity index (χ4n) is 1.75. The van der Waals surface area contributed by atoms with E-state index in [2.05, 4.69) is 9.47 Å². The first kappa shape index (κ1) is 30.1. The van der Waals surface area contributed by atoms with E-state index in [9.17, 15) is 19.2 Å². The molecule has 0 heterocycles. The molecule has 0 atom stereocenters. The van der Waals surface area contributed by atoms with Gasteiger partial charge >= 0.3 is 23.9 Å². The molecule has 30 heavy (non-hydrogen) atoms. The van der Waals surface area contributed by atoms with Gasteiger partial charge in [-0.15, -0.1) is 0 Å². The Morgan fingerprint density at radius 3 is 1.00 bits per heavy atom. The van der Waals surface area contributed by atoms with Crippen molar-refractivity contribution in [2.45, 2.75) is 91.9 Å². The van der Waals surface area contributed by atoms with Crippen LogP contribution in [0.2, 0.25) is 0 Å². The minimum atomic E-state index is -0.880. The molecule has 0 aliphatic carbocycles. The van der Waals surface area contributed by atoms with Crippen LogP contribution < -0.4 is 0 Å². The highest BCUT2D eigenvalue weighted by Crippen LogP contribution is 1.99. The second-order valence-corrected chi connectivity index (χ2v) is 6.63. The van der Waals surface area contributed by atoms with Gasteiger partial charge in [0.25, 0.3) is 0 Å². The van der Waals surface area contributed by atoms with Gasteiger partial charge in [-0.1, -0.05) is 53.4 Å². The Balaban J connectivity index is 0. The summed E-state index contributed by atoms with van der Waals surface area (Å²) in [6.07, 6.45) is 7.36. The van der Waals surface area contributed by atoms with Gasteiger partial charge in [0.15, 0.2) is 0 Å². The van der Waals surface area contributed by atoms with E-state index in [1.54, 1.807) is 0 Å². The first-order valence-electron chi connectivity index (χ1n) is 11.1. The Morgan fingerprint density at radius 1 is 0.467 bits per heavy atom. The van der Waals surface area contributed by atoms with Gasteiger partial charge in [-0.25, -0.2) is 9.59 Å². The molecule has 0 aliphatic heterocycles. The van der Waals surface area contributed by atoms with Crippen LogP contribution in [0.4, 0.5) is 0 Å². The molecule has 176 valence electrons. The molecule has 0 aromatic rings. The van der Waals surface area contributed by atoms with Crippen molar-refractivity contribution >= 4 is 23.9 Å². The van der Waals surface area contributed by atoms with Crippen LogP contribution in [0.5, 0.6) is 0 Å². The average Bonchev–Trinajstić information content (AvgIpc) is 2.73. The minimum Gasteiger partial charge on any atom is -0.466 e. The molecule has 0 fully saturated rings. The van der Waals surface area contributed by atoms with E-state index in [1.807, 2.05) is 27.7 Å². The molecule has 0 saturated heterocycles. The standard InChI is InChI=1S/C12H22O4.C10H18O4/c1-3-5-9-15-11(13)7-8-12(14)16-10-6-4-2;1-3-5-7-13-9(11)10(12)14-8-6-4-2/h3-10H2,1-2H3;3-8H2,1-2H3. The van der Waals surface area contributed by atoms with Gasteiger partial charge in [-0.2, -0.15) is 0 Å². The van der Waals surface area contributed by atoms with Gasteiger partial charge in [0.05, 0.1) is 39.3 Å². The van der Waals surface area contributed by atoms with Crippen LogP contribution in [-0.4, -0.2) is 50.3 Å². The smallest absolute Gasteiger partial charge is 0.417 e. The lowest BCUT2D eigenvalue weighted by atomic mass is 10.3. The SMILES string of the molecule is CCCCOC(=O)C(=O)OCCCC.CCCCOC(=O)CCC(=O)OCCCC. The molecular weight excluding hydrogens is 392 g/mol. The van der Waals surface area contributed by atoms with E-state index in [-0.39, 0.29) is 38.0 Å². The normalized spacial score (nSPS) is 9.73. The van der Waals surface area contributed by atoms with Crippen LogP contribution in [0.1, 0.15) is 91.9 Å². The predicted molar refractivity (Wildman–Crippen MR) is 113 cm³/mol. The maximum Gasteiger partial charge on any atom is 0.417 e. The van der Waals surface area contributed by atoms with Crippen LogP contribution in [0.3, 0.4) is 0 Å². The second kappa shape index (κ2) is 23.2. The average molecular weight is 433 g/mol. The van der Waals surface area contributed by atoms with Gasteiger partial charge < -0.3 is 18.9 Å². The summed E-state index contributed by atoms with van der Waals surface area (Å²) in [6.45, 7) is 9.48. The van der Waals surface area contributed by atoms with E-state index >= 15 is 0 Å². The van der Waals surface area contributed by atoms with Crippen molar-refractivity contribution < 1.29 is 38.1 Å². The van der Waals surface area contributed by atoms with Crippen LogP contribution in [0, 0.1) is 0 Å². The van der Waals surface area contributed by atoms with E-state index in [0.717, 1.165) is 51.4 Å². The zero-order chi connectivity index (χ0) is 23.0. The lowest BCUT2D eigenvalue weighted by molar-refractivity contribution is -0.167. The third-order valence-corrected chi connectivity index (χ3v) is 3.68. The fourth-order valence-corrected chi connectivity index (χ4v) is 1.75. The predicted octanol–water partition coefficient (Wildman–Crippen LogP) is 4.13. The summed E-state index contributed by atoms with van der Waals surface area (Å²) in [6, 6.07) is 0. The Labute approximate surface area is 181 Å². The van der Waals surface area contributed by atoms with Crippen LogP contribution >= 0.6 is 0 Å². The van der Waals surface area contributed by atoms with Crippen molar-refractivity contribution in [1.29, 1.82) is 0 Å². The van der Waals surface area contributed by atoms with Crippen molar-refractivity contribution in [2.75, 3.05) is 26.4 Å². The summed E-state index contributed by atoms with van der Waals surface area (Å²) in [5, 5.41) is 0. The van der Waals surface area contributed by atoms with Crippen LogP contribution in [-0.2, 0) is 38.1 Å². The quantitative estimate of drug-likeness (QED) is 0.165. The fraction of sp³-hybridized carbons (Fsp3) is 0.818. The molecule has 0 aromatic carbocycles. The Morgan fingerprint density at radius 2 is 0.733 bits per heavy atom. The number of unbranched alkanes of at least 4 members (excludes halogenated alkanes) is 4. The number of hydrogen-bond donors (Lipinski definition) is 0. The Bertz CT molecular complexity index is 420. The third kappa shape index (κ3) is 22.2. The summed E-state index contributed by atoms with van der Waals surface area (Å²) in [7, 11) is 0. The molecule has 0 radical (unpaired) electrons. The van der Waals surface area contributed by atoms with E-state index in [0.29, 0.717) is 13.2 Å². The molecule has 0 rings (SSSR count). The maximum atomic E-state index is 11.1. The number of esters is 4. The Kier molecular flexibility index (Phi) is 23.2. The summed E-state index contributed by atoms with van der Waals surface area (Å²) >= 11 is 0. The van der Waals surface area contributed by atoms with Gasteiger partial charge in [0, 0.05) is 0 Å². The van der Waals surface area contributed by atoms with Gasteiger partial charge in [0.1, 0.15) is 0 Å². The zero-order valence-corrected chi connectivity index (χ0v) is 19.2. The first-order chi connectivity index (χ1) is 14.4. The lowest BCUT2D eigenvalue weighted by Gasteiger charge is -2.04. The van der Waals surface area contributed by atoms with Crippen molar-refractivity contribution in [3.05, 3.63) is 0 Å². The van der Waals surface area contributed by atoms with Gasteiger partial charge in [-0.3, -0.25) is 9.59 Å². The molecule has 0 bridgehead atoms. The van der Waals surface area contributed by atoms with E-state index in [4.69, 9.17) is 9.47 Å². The summed E-state index contributed by atoms with van der Waals surface area (Å²) in [5.74, 6) is -2.40. The van der Waals surface area contributed by atoms with Gasteiger partial charge in [-0.05, 0) is 25.7 Å². The van der Waals surface area contributed by atoms with Crippen molar-refractivity contribution in [2.24, 2.45) is 0 Å². The molecular formula is C22H40O8. The van der Waals surface area contributed by atoms with Crippen LogP contribution in [0.25, 0.3) is 0 Å². The highest BCUT2D eigenvalue weighted by Gasteiger charge is 2.16. The molecule has 8 heteroatoms. The monoisotopic (exact) mass is 432 g/mol. The largest absolute Gasteiger partial charge is 0.466 e. The highest BCUT2D eigenvalue weighted by atomic mass is 16.6. The molecule has 0 aliphatic rings. The summed E-state index contributed by atoms with van der Waals surface area (Å²) < 4.78 is 19.1. The lowest BCUT2D eigenvalue weighted by Crippen LogP contribution is -2.21. The Hall–Kier alpha value is -2.12. The van der Waals surface area contributed by atoms with Gasteiger partial charge in [0.2, 0.25) is 0 Å². The number of rotatable bonds is 15. The molecule has 0 aromatic heterocycles. The molecule has 0 N–H and O–H groups in total. The number of ether oxygens (including phenoxy) is 4. The summed E-state index contributed by atoms with van der Waals surface area (Å²) in [5.41, 5.74) is 0. The van der Waals surface area contributed by atoms with Crippen LogP contribution in [0.15, 0.2) is 0 Å². The topological polar surface area (TPSA) is 105 Å². The summed E-state index contributed by atoms with van der Waals surface area (Å²) in [4.78, 5) is 44.1.